The molecule has 0 bridgehead atoms. The van der Waals surface area contributed by atoms with E-state index in [4.69, 9.17) is 5.73 Å². The smallest absolute Gasteiger partial charge is 0.136 e. The van der Waals surface area contributed by atoms with Crippen molar-refractivity contribution in [3.05, 3.63) is 17.4 Å². The van der Waals surface area contributed by atoms with Crippen molar-refractivity contribution >= 4 is 16.7 Å². The van der Waals surface area contributed by atoms with E-state index in [9.17, 15) is 4.39 Å². The third-order valence-corrected chi connectivity index (χ3v) is 1.82. The van der Waals surface area contributed by atoms with Gasteiger partial charge in [0.25, 0.3) is 0 Å². The maximum atomic E-state index is 13.0. The Hall–Kier alpha value is -1.65. The van der Waals surface area contributed by atoms with Crippen LogP contribution in [0, 0.1) is 12.7 Å². The summed E-state index contributed by atoms with van der Waals surface area (Å²) in [6, 6.07) is 1.25. The second kappa shape index (κ2) is 2.17. The van der Waals surface area contributed by atoms with E-state index in [-0.39, 0.29) is 5.82 Å². The number of aromatic nitrogens is 3. The number of aryl methyl sites for hydroxylation is 1. The minimum atomic E-state index is -0.353. The molecule has 0 unspecified atom stereocenters. The van der Waals surface area contributed by atoms with Crippen molar-refractivity contribution in [2.75, 3.05) is 5.73 Å². The van der Waals surface area contributed by atoms with Crippen LogP contribution in [0.1, 0.15) is 5.56 Å². The minimum Gasteiger partial charge on any atom is -0.397 e. The van der Waals surface area contributed by atoms with E-state index >= 15 is 0 Å². The van der Waals surface area contributed by atoms with E-state index < -0.39 is 0 Å². The number of nitrogens with zero attached hydrogens (tertiary/aromatic N) is 2. The average molecular weight is 166 g/mol. The molecule has 0 aliphatic rings. The van der Waals surface area contributed by atoms with Gasteiger partial charge in [-0.05, 0) is 13.0 Å². The van der Waals surface area contributed by atoms with Crippen LogP contribution in [0.4, 0.5) is 10.1 Å². The summed E-state index contributed by atoms with van der Waals surface area (Å²) < 4.78 is 13.0. The first kappa shape index (κ1) is 7.02. The standard InChI is InChI=1S/C7H7FN4/c1-3-4(8)2-5(9)7-6(3)10-12-11-7/h2H,9H2,1H3,(H,10,11,12). The molecule has 0 aliphatic heterocycles. The lowest BCUT2D eigenvalue weighted by molar-refractivity contribution is 0.621. The van der Waals surface area contributed by atoms with Crippen LogP contribution in [0.2, 0.25) is 0 Å². The molecule has 3 N–H and O–H groups in total. The number of benzene rings is 1. The molecule has 0 fully saturated rings. The number of halogens is 1. The van der Waals surface area contributed by atoms with Crippen molar-refractivity contribution in [3.8, 4) is 0 Å². The lowest BCUT2D eigenvalue weighted by Gasteiger charge is -1.98. The zero-order valence-corrected chi connectivity index (χ0v) is 6.43. The zero-order chi connectivity index (χ0) is 8.72. The highest BCUT2D eigenvalue weighted by Gasteiger charge is 2.09. The van der Waals surface area contributed by atoms with E-state index in [0.717, 1.165) is 0 Å². The number of H-pyrrole nitrogens is 1. The fourth-order valence-electron chi connectivity index (χ4n) is 1.12. The van der Waals surface area contributed by atoms with Crippen LogP contribution in [0.5, 0.6) is 0 Å². The van der Waals surface area contributed by atoms with Crippen molar-refractivity contribution in [2.45, 2.75) is 6.92 Å². The molecule has 1 heterocycles. The largest absolute Gasteiger partial charge is 0.397 e. The van der Waals surface area contributed by atoms with Crippen molar-refractivity contribution in [1.29, 1.82) is 0 Å². The fourth-order valence-corrected chi connectivity index (χ4v) is 1.12. The van der Waals surface area contributed by atoms with Gasteiger partial charge in [-0.1, -0.05) is 0 Å². The highest BCUT2D eigenvalue weighted by Crippen LogP contribution is 2.22. The number of hydrogen-bond acceptors (Lipinski definition) is 3. The summed E-state index contributed by atoms with van der Waals surface area (Å²) in [7, 11) is 0. The van der Waals surface area contributed by atoms with Crippen LogP contribution in [0.15, 0.2) is 6.07 Å². The molecular weight excluding hydrogens is 159 g/mol. The van der Waals surface area contributed by atoms with Crippen molar-refractivity contribution < 1.29 is 4.39 Å². The van der Waals surface area contributed by atoms with Gasteiger partial charge in [-0.2, -0.15) is 15.4 Å². The first-order chi connectivity index (χ1) is 5.70. The van der Waals surface area contributed by atoms with Gasteiger partial charge in [0.1, 0.15) is 16.9 Å². The fraction of sp³-hybridized carbons (Fsp3) is 0.143. The van der Waals surface area contributed by atoms with Gasteiger partial charge in [-0.3, -0.25) is 0 Å². The Kier molecular flexibility index (Phi) is 1.27. The lowest BCUT2D eigenvalue weighted by atomic mass is 10.2. The Labute approximate surface area is 67.6 Å². The Morgan fingerprint density at radius 2 is 2.08 bits per heavy atom. The number of nitrogens with one attached hydrogen (secondary N) is 1. The molecule has 2 rings (SSSR count). The summed E-state index contributed by atoms with van der Waals surface area (Å²) in [5, 5.41) is 9.98. The van der Waals surface area contributed by atoms with E-state index in [1.54, 1.807) is 6.92 Å². The Morgan fingerprint density at radius 3 is 2.83 bits per heavy atom. The predicted molar refractivity (Wildman–Crippen MR) is 43.0 cm³/mol. The molecule has 0 radical (unpaired) electrons. The SMILES string of the molecule is Cc1c(F)cc(N)c2n[nH]nc12. The van der Waals surface area contributed by atoms with Crippen LogP contribution < -0.4 is 5.73 Å². The Morgan fingerprint density at radius 1 is 1.42 bits per heavy atom. The van der Waals surface area contributed by atoms with Gasteiger partial charge in [-0.25, -0.2) is 4.39 Å². The molecule has 5 heteroatoms. The number of nitrogen functional groups attached to an aromatic ring is 1. The molecule has 1 aromatic carbocycles. The molecule has 2 aromatic rings. The summed E-state index contributed by atoms with van der Waals surface area (Å²) in [5.41, 5.74) is 7.30. The van der Waals surface area contributed by atoms with Crippen LogP contribution in [-0.4, -0.2) is 15.4 Å². The molecular formula is C7H7FN4. The van der Waals surface area contributed by atoms with Crippen molar-refractivity contribution in [1.82, 2.24) is 15.4 Å². The van der Waals surface area contributed by atoms with Crippen LogP contribution in [0.3, 0.4) is 0 Å². The molecule has 0 saturated heterocycles. The second-order valence-electron chi connectivity index (χ2n) is 2.59. The quantitative estimate of drug-likeness (QED) is 0.573. The van der Waals surface area contributed by atoms with Gasteiger partial charge >= 0.3 is 0 Å². The molecule has 0 amide bonds. The first-order valence-electron chi connectivity index (χ1n) is 3.45. The Balaban J connectivity index is 2.97. The maximum absolute atomic E-state index is 13.0. The zero-order valence-electron chi connectivity index (χ0n) is 6.43. The summed E-state index contributed by atoms with van der Waals surface area (Å²) in [5.74, 6) is -0.353. The monoisotopic (exact) mass is 166 g/mol. The van der Waals surface area contributed by atoms with Gasteiger partial charge in [0, 0.05) is 5.56 Å². The minimum absolute atomic E-state index is 0.307. The number of hydrogen-bond donors (Lipinski definition) is 2. The molecule has 4 nitrogen and oxygen atoms in total. The van der Waals surface area contributed by atoms with Crippen molar-refractivity contribution in [3.63, 3.8) is 0 Å². The normalized spacial score (nSPS) is 10.8. The second-order valence-corrected chi connectivity index (χ2v) is 2.59. The molecule has 62 valence electrons. The predicted octanol–water partition coefficient (Wildman–Crippen LogP) is 0.988. The van der Waals surface area contributed by atoms with Crippen LogP contribution in [-0.2, 0) is 0 Å². The summed E-state index contributed by atoms with van der Waals surface area (Å²) >= 11 is 0. The first-order valence-corrected chi connectivity index (χ1v) is 3.45. The molecule has 0 spiro atoms. The molecule has 0 atom stereocenters. The third kappa shape index (κ3) is 0.761. The van der Waals surface area contributed by atoms with E-state index in [2.05, 4.69) is 15.4 Å². The highest BCUT2D eigenvalue weighted by atomic mass is 19.1. The topological polar surface area (TPSA) is 67.6 Å². The van der Waals surface area contributed by atoms with E-state index in [1.165, 1.54) is 6.07 Å². The third-order valence-electron chi connectivity index (χ3n) is 1.82. The van der Waals surface area contributed by atoms with Crippen LogP contribution in [0.25, 0.3) is 11.0 Å². The number of rotatable bonds is 0. The van der Waals surface area contributed by atoms with Gasteiger partial charge in [0.2, 0.25) is 0 Å². The number of anilines is 1. The molecule has 1 aromatic heterocycles. The van der Waals surface area contributed by atoms with E-state index in [0.29, 0.717) is 22.3 Å². The van der Waals surface area contributed by atoms with Crippen molar-refractivity contribution in [2.24, 2.45) is 0 Å². The summed E-state index contributed by atoms with van der Waals surface area (Å²) in [6.45, 7) is 1.64. The molecule has 12 heavy (non-hydrogen) atoms. The molecule has 0 saturated carbocycles. The summed E-state index contributed by atoms with van der Waals surface area (Å²) in [4.78, 5) is 0. The Bertz CT molecular complexity index is 434. The highest BCUT2D eigenvalue weighted by molar-refractivity contribution is 5.88. The lowest BCUT2D eigenvalue weighted by Crippen LogP contribution is -1.92. The summed E-state index contributed by atoms with van der Waals surface area (Å²) in [6.07, 6.45) is 0. The van der Waals surface area contributed by atoms with E-state index in [1.807, 2.05) is 0 Å². The van der Waals surface area contributed by atoms with Gasteiger partial charge in [0.15, 0.2) is 0 Å². The van der Waals surface area contributed by atoms with Crippen LogP contribution >= 0.6 is 0 Å². The number of aromatic amines is 1. The van der Waals surface area contributed by atoms with Gasteiger partial charge in [-0.15, -0.1) is 0 Å². The molecule has 0 aliphatic carbocycles. The number of nitrogens with two attached hydrogens (primary N) is 1. The average Bonchev–Trinajstić information content (AvgIpc) is 2.48. The maximum Gasteiger partial charge on any atom is 0.136 e. The number of fused-ring (bicyclic) bond motifs is 1. The van der Waals surface area contributed by atoms with Gasteiger partial charge < -0.3 is 5.73 Å². The van der Waals surface area contributed by atoms with Gasteiger partial charge in [0.05, 0.1) is 5.69 Å².